The third-order valence-electron chi connectivity index (χ3n) is 4.43. The van der Waals surface area contributed by atoms with Gasteiger partial charge in [0.25, 0.3) is 0 Å². The molecule has 33 heavy (non-hydrogen) atoms. The van der Waals surface area contributed by atoms with Crippen LogP contribution < -0.4 is 21.2 Å². The second-order valence-electron chi connectivity index (χ2n) is 7.05. The van der Waals surface area contributed by atoms with Crippen LogP contribution in [0.2, 0.25) is 0 Å². The molecule has 0 spiro atoms. The van der Waals surface area contributed by atoms with Crippen LogP contribution in [-0.4, -0.2) is 5.11 Å². The molecule has 0 aliphatic carbocycles. The van der Waals surface area contributed by atoms with Crippen LogP contribution in [0.15, 0.2) is 152 Å². The summed E-state index contributed by atoms with van der Waals surface area (Å²) >= 11 is 0. The van der Waals surface area contributed by atoms with Crippen LogP contribution in [0.3, 0.4) is 0 Å². The number of para-hydroxylation sites is 1. The Morgan fingerprint density at radius 2 is 0.515 bits per heavy atom. The molecule has 1 N–H and O–H groups in total. The van der Waals surface area contributed by atoms with Crippen molar-refractivity contribution in [3.8, 4) is 5.75 Å². The number of phenols is 1. The van der Waals surface area contributed by atoms with Crippen LogP contribution in [0.1, 0.15) is 0 Å². The zero-order chi connectivity index (χ0) is 23.0. The van der Waals surface area contributed by atoms with Crippen LogP contribution in [0.4, 0.5) is 0 Å². The summed E-state index contributed by atoms with van der Waals surface area (Å²) in [7, 11) is 1.55. The molecule has 0 heterocycles. The lowest BCUT2D eigenvalue weighted by molar-refractivity contribution is 0.475. The molecule has 5 aromatic rings. The molecule has 0 aromatic heterocycles. The lowest BCUT2D eigenvalue weighted by Gasteiger charge is -2.00. The van der Waals surface area contributed by atoms with E-state index in [1.807, 2.05) is 6.07 Å². The largest absolute Gasteiger partial charge is 0.508 e. The van der Waals surface area contributed by atoms with Crippen molar-refractivity contribution in [2.45, 2.75) is 0 Å². The minimum absolute atomic E-state index is 0.322. The lowest BCUT2D eigenvalue weighted by atomic mass is 10.3. The Labute approximate surface area is 200 Å². The van der Waals surface area contributed by atoms with Crippen LogP contribution in [0, 0.1) is 0 Å². The maximum Gasteiger partial charge on any atom is 0.115 e. The van der Waals surface area contributed by atoms with E-state index >= 15 is 0 Å². The first-order valence-electron chi connectivity index (χ1n) is 10.8. The number of rotatable bonds is 4. The highest BCUT2D eigenvalue weighted by Crippen LogP contribution is 2.09. The molecule has 0 aliphatic heterocycles. The zero-order valence-electron chi connectivity index (χ0n) is 18.4. The zero-order valence-corrected chi connectivity index (χ0v) is 20.4. The van der Waals surface area contributed by atoms with E-state index in [0.29, 0.717) is 5.75 Å². The van der Waals surface area contributed by atoms with Gasteiger partial charge in [-0.05, 0) is 33.4 Å². The third-order valence-corrected chi connectivity index (χ3v) is 6.92. The fourth-order valence-corrected chi connectivity index (χ4v) is 4.95. The Balaban J connectivity index is 0.000000146. The Bertz CT molecular complexity index is 982. The fourth-order valence-electron chi connectivity index (χ4n) is 2.85. The second kappa shape index (κ2) is 14.8. The Morgan fingerprint density at radius 1 is 0.303 bits per heavy atom. The molecule has 3 heteroatoms. The molecule has 0 amide bonds. The van der Waals surface area contributed by atoms with Crippen molar-refractivity contribution in [2.75, 3.05) is 0 Å². The van der Waals surface area contributed by atoms with E-state index in [0.717, 1.165) is 17.2 Å². The summed E-state index contributed by atoms with van der Waals surface area (Å²) in [5.74, 6) is 0.322. The Hall–Kier alpha value is -3.24. The maximum absolute atomic E-state index is 8.63. The standard InChI is InChI=1S/2C12H11P.C6H6O/c2*1-3-7-11(8-4-1)13-12-9-5-2-6-10-12;7-6-4-2-1-3-5-6/h2*1-10,13H;1-5,7H. The first kappa shape index (κ1) is 24.4. The van der Waals surface area contributed by atoms with Gasteiger partial charge in [-0.25, -0.2) is 0 Å². The maximum atomic E-state index is 8.63. The van der Waals surface area contributed by atoms with E-state index < -0.39 is 0 Å². The van der Waals surface area contributed by atoms with Gasteiger partial charge >= 0.3 is 0 Å². The van der Waals surface area contributed by atoms with Crippen molar-refractivity contribution in [1.82, 2.24) is 0 Å². The van der Waals surface area contributed by atoms with Crippen LogP contribution >= 0.6 is 17.2 Å². The van der Waals surface area contributed by atoms with Crippen LogP contribution in [0.5, 0.6) is 5.75 Å². The second-order valence-corrected chi connectivity index (χ2v) is 9.86. The third kappa shape index (κ3) is 10.3. The summed E-state index contributed by atoms with van der Waals surface area (Å²) in [4.78, 5) is 0. The number of aromatic hydroxyl groups is 1. The highest BCUT2D eigenvalue weighted by molar-refractivity contribution is 7.55. The quantitative estimate of drug-likeness (QED) is 0.321. The average Bonchev–Trinajstić information content (AvgIpc) is 2.88. The van der Waals surface area contributed by atoms with Gasteiger partial charge in [0.1, 0.15) is 5.75 Å². The van der Waals surface area contributed by atoms with Gasteiger partial charge in [0.05, 0.1) is 0 Å². The molecule has 1 nitrogen and oxygen atoms in total. The van der Waals surface area contributed by atoms with Gasteiger partial charge in [0, 0.05) is 0 Å². The van der Waals surface area contributed by atoms with Crippen molar-refractivity contribution in [1.29, 1.82) is 0 Å². The molecular weight excluding hydrogens is 438 g/mol. The Kier molecular flexibility index (Phi) is 10.9. The van der Waals surface area contributed by atoms with E-state index in [2.05, 4.69) is 121 Å². The topological polar surface area (TPSA) is 20.2 Å². The SMILES string of the molecule is Oc1ccccc1.c1ccc(Pc2ccccc2)cc1.c1ccc(Pc2ccccc2)cc1. The predicted octanol–water partition coefficient (Wildman–Crippen LogP) is 6.02. The monoisotopic (exact) mass is 466 g/mol. The molecule has 0 fully saturated rings. The predicted molar refractivity (Wildman–Crippen MR) is 149 cm³/mol. The normalized spacial score (nSPS) is 9.58. The summed E-state index contributed by atoms with van der Waals surface area (Å²) in [6, 6.07) is 51.0. The lowest BCUT2D eigenvalue weighted by Crippen LogP contribution is -2.01. The van der Waals surface area contributed by atoms with Crippen molar-refractivity contribution < 1.29 is 5.11 Å². The van der Waals surface area contributed by atoms with Crippen molar-refractivity contribution in [2.24, 2.45) is 0 Å². The summed E-state index contributed by atoms with van der Waals surface area (Å²) < 4.78 is 0. The van der Waals surface area contributed by atoms with E-state index in [4.69, 9.17) is 5.11 Å². The van der Waals surface area contributed by atoms with E-state index in [1.54, 1.807) is 24.3 Å². The van der Waals surface area contributed by atoms with Gasteiger partial charge < -0.3 is 5.11 Å². The molecule has 0 saturated carbocycles. The molecule has 0 unspecified atom stereocenters. The number of hydrogen-bond acceptors (Lipinski definition) is 1. The molecule has 5 aromatic carbocycles. The van der Waals surface area contributed by atoms with Crippen LogP contribution in [-0.2, 0) is 0 Å². The van der Waals surface area contributed by atoms with Gasteiger partial charge in [-0.1, -0.05) is 157 Å². The van der Waals surface area contributed by atoms with Gasteiger partial charge in [-0.15, -0.1) is 0 Å². The molecule has 0 atom stereocenters. The number of benzene rings is 5. The molecule has 0 saturated heterocycles. The highest BCUT2D eigenvalue weighted by atomic mass is 31.1. The van der Waals surface area contributed by atoms with Gasteiger partial charge in [-0.2, -0.15) is 0 Å². The highest BCUT2D eigenvalue weighted by Gasteiger charge is 1.93. The number of phenolic OH excluding ortho intramolecular Hbond substituents is 1. The van der Waals surface area contributed by atoms with E-state index in [-0.39, 0.29) is 0 Å². The van der Waals surface area contributed by atoms with Gasteiger partial charge in [-0.3, -0.25) is 0 Å². The summed E-state index contributed by atoms with van der Waals surface area (Å²) in [6.07, 6.45) is 0. The van der Waals surface area contributed by atoms with Gasteiger partial charge in [0.2, 0.25) is 0 Å². The summed E-state index contributed by atoms with van der Waals surface area (Å²) in [5.41, 5.74) is 0. The van der Waals surface area contributed by atoms with Crippen molar-refractivity contribution in [3.05, 3.63) is 152 Å². The molecule has 5 rings (SSSR count). The molecule has 164 valence electrons. The summed E-state index contributed by atoms with van der Waals surface area (Å²) in [5, 5.41) is 14.2. The first-order chi connectivity index (χ1) is 16.3. The number of hydrogen-bond donors (Lipinski definition) is 1. The van der Waals surface area contributed by atoms with Crippen molar-refractivity contribution in [3.63, 3.8) is 0 Å². The average molecular weight is 467 g/mol. The fraction of sp³-hybridized carbons (Fsp3) is 0. The molecular formula is C30H28OP2. The van der Waals surface area contributed by atoms with Crippen molar-refractivity contribution >= 4 is 38.4 Å². The minimum atomic E-state index is 0.322. The summed E-state index contributed by atoms with van der Waals surface area (Å²) in [6.45, 7) is 0. The molecule has 0 aliphatic rings. The smallest absolute Gasteiger partial charge is 0.115 e. The van der Waals surface area contributed by atoms with E-state index in [9.17, 15) is 0 Å². The van der Waals surface area contributed by atoms with Gasteiger partial charge in [0.15, 0.2) is 0 Å². The molecule has 0 radical (unpaired) electrons. The Morgan fingerprint density at radius 3 is 0.697 bits per heavy atom. The minimum Gasteiger partial charge on any atom is -0.508 e. The van der Waals surface area contributed by atoms with E-state index in [1.165, 1.54) is 21.2 Å². The first-order valence-corrected chi connectivity index (χ1v) is 12.8. The molecule has 0 bridgehead atoms. The van der Waals surface area contributed by atoms with Crippen LogP contribution in [0.25, 0.3) is 0 Å².